The number of phenolic OH excluding ortho intramolecular Hbond substituents is 1. The fourth-order valence-corrected chi connectivity index (χ4v) is 6.11. The summed E-state index contributed by atoms with van der Waals surface area (Å²) in [6.45, 7) is 9.77. The molecule has 0 unspecified atom stereocenters. The molecule has 0 aliphatic heterocycles. The van der Waals surface area contributed by atoms with E-state index in [1.807, 2.05) is 32.6 Å². The van der Waals surface area contributed by atoms with E-state index in [4.69, 9.17) is 16.0 Å². The maximum atomic E-state index is 13.4. The Morgan fingerprint density at radius 3 is 2.52 bits per heavy atom. The van der Waals surface area contributed by atoms with Crippen LogP contribution in [0.3, 0.4) is 0 Å². The molecular formula is C19H23ClO4Si. The second-order valence-corrected chi connectivity index (χ2v) is 13.2. The van der Waals surface area contributed by atoms with Gasteiger partial charge in [-0.05, 0) is 46.0 Å². The zero-order valence-electron chi connectivity index (χ0n) is 15.1. The van der Waals surface area contributed by atoms with Crippen molar-refractivity contribution in [2.75, 3.05) is 0 Å². The van der Waals surface area contributed by atoms with E-state index in [0.29, 0.717) is 6.42 Å². The first-order valence-corrected chi connectivity index (χ1v) is 12.2. The van der Waals surface area contributed by atoms with Crippen molar-refractivity contribution in [2.24, 2.45) is 5.92 Å². The second-order valence-electron chi connectivity index (χ2n) is 8.17. The highest BCUT2D eigenvalue weighted by Crippen LogP contribution is 2.54. The molecule has 0 amide bonds. The van der Waals surface area contributed by atoms with Crippen LogP contribution < -0.4 is 0 Å². The molecule has 0 heterocycles. The highest BCUT2D eigenvalue weighted by Gasteiger charge is 2.65. The molecule has 1 aromatic rings. The first-order valence-electron chi connectivity index (χ1n) is 8.39. The molecule has 2 aliphatic rings. The standard InChI is InChI=1S/C19H23ClO4Si/c1-11-9-13-16(22)12-7-6-8-14(21)15(12)17(23)19(13,20)18(2,10-11)24-25(3,4)5/h6-8,10,13,21H,9H2,1-5H3/t13-,18+,19+/m0/s1. The Morgan fingerprint density at radius 1 is 1.28 bits per heavy atom. The van der Waals surface area contributed by atoms with Crippen LogP contribution in [0.2, 0.25) is 19.6 Å². The quantitative estimate of drug-likeness (QED) is 0.472. The summed E-state index contributed by atoms with van der Waals surface area (Å²) in [5.41, 5.74) is 0.124. The zero-order valence-corrected chi connectivity index (χ0v) is 16.9. The molecule has 0 radical (unpaired) electrons. The van der Waals surface area contributed by atoms with Crippen LogP contribution in [-0.4, -0.2) is 35.5 Å². The highest BCUT2D eigenvalue weighted by molar-refractivity contribution is 6.70. The number of hydrogen-bond acceptors (Lipinski definition) is 4. The lowest BCUT2D eigenvalue weighted by Gasteiger charge is -2.52. The van der Waals surface area contributed by atoms with Crippen LogP contribution in [0.15, 0.2) is 29.8 Å². The number of phenols is 1. The first kappa shape index (κ1) is 18.4. The van der Waals surface area contributed by atoms with Gasteiger partial charge in [-0.1, -0.05) is 23.8 Å². The van der Waals surface area contributed by atoms with Gasteiger partial charge in [-0.2, -0.15) is 0 Å². The highest BCUT2D eigenvalue weighted by atomic mass is 35.5. The van der Waals surface area contributed by atoms with Gasteiger partial charge in [-0.3, -0.25) is 9.59 Å². The minimum Gasteiger partial charge on any atom is -0.507 e. The van der Waals surface area contributed by atoms with Crippen LogP contribution in [0.25, 0.3) is 0 Å². The van der Waals surface area contributed by atoms with Gasteiger partial charge in [-0.15, -0.1) is 11.6 Å². The smallest absolute Gasteiger partial charge is 0.192 e. The van der Waals surface area contributed by atoms with Crippen molar-refractivity contribution in [3.05, 3.63) is 41.0 Å². The number of benzene rings is 1. The first-order chi connectivity index (χ1) is 11.4. The summed E-state index contributed by atoms with van der Waals surface area (Å²) in [6, 6.07) is 4.56. The molecule has 0 fully saturated rings. The predicted molar refractivity (Wildman–Crippen MR) is 100 cm³/mol. The fourth-order valence-electron chi connectivity index (χ4n) is 4.19. The monoisotopic (exact) mass is 378 g/mol. The number of aromatic hydroxyl groups is 1. The molecule has 4 nitrogen and oxygen atoms in total. The molecule has 25 heavy (non-hydrogen) atoms. The molecule has 2 aliphatic carbocycles. The van der Waals surface area contributed by atoms with Gasteiger partial charge in [0.25, 0.3) is 0 Å². The van der Waals surface area contributed by atoms with E-state index >= 15 is 0 Å². The van der Waals surface area contributed by atoms with Crippen LogP contribution >= 0.6 is 11.6 Å². The summed E-state index contributed by atoms with van der Waals surface area (Å²) < 4.78 is 6.36. The third-order valence-corrected chi connectivity index (χ3v) is 6.80. The number of hydrogen-bond donors (Lipinski definition) is 1. The number of alkyl halides is 1. The molecule has 1 N–H and O–H groups in total. The fraction of sp³-hybridized carbons (Fsp3) is 0.474. The molecule has 0 spiro atoms. The Bertz CT molecular complexity index is 810. The number of rotatable bonds is 2. The lowest BCUT2D eigenvalue weighted by molar-refractivity contribution is 0.0311. The van der Waals surface area contributed by atoms with Crippen molar-refractivity contribution in [3.8, 4) is 5.75 Å². The number of ketones is 2. The minimum absolute atomic E-state index is 0.0112. The van der Waals surface area contributed by atoms with Crippen molar-refractivity contribution in [1.82, 2.24) is 0 Å². The number of allylic oxidation sites excluding steroid dienone is 1. The summed E-state index contributed by atoms with van der Waals surface area (Å²) in [6.07, 6.45) is 2.29. The molecule has 0 saturated carbocycles. The minimum atomic E-state index is -2.08. The van der Waals surface area contributed by atoms with Crippen molar-refractivity contribution >= 4 is 31.5 Å². The Hall–Kier alpha value is -1.43. The van der Waals surface area contributed by atoms with Gasteiger partial charge in [-0.25, -0.2) is 0 Å². The zero-order chi connectivity index (χ0) is 18.8. The molecule has 134 valence electrons. The third-order valence-electron chi connectivity index (χ3n) is 4.95. The van der Waals surface area contributed by atoms with Gasteiger partial charge in [0.15, 0.2) is 19.9 Å². The predicted octanol–water partition coefficient (Wildman–Crippen LogP) is 4.33. The number of Topliss-reactive ketones (excluding diaryl/α,β-unsaturated/α-hetero) is 2. The van der Waals surface area contributed by atoms with Crippen molar-refractivity contribution in [2.45, 2.75) is 50.4 Å². The second kappa shape index (κ2) is 5.53. The largest absolute Gasteiger partial charge is 0.507 e. The summed E-state index contributed by atoms with van der Waals surface area (Å²) in [4.78, 5) is 25.0. The van der Waals surface area contributed by atoms with Crippen molar-refractivity contribution in [3.63, 3.8) is 0 Å². The number of halogens is 1. The third kappa shape index (κ3) is 2.60. The SMILES string of the molecule is CC1=C[C@@](C)(O[Si](C)(C)C)[C@]2(Cl)C(=O)c3c(O)cccc3C(=O)[C@@H]2C1. The lowest BCUT2D eigenvalue weighted by Crippen LogP contribution is -2.66. The molecule has 0 aromatic heterocycles. The number of carbonyl (C=O) groups is 2. The van der Waals surface area contributed by atoms with E-state index in [9.17, 15) is 14.7 Å². The van der Waals surface area contributed by atoms with E-state index in [-0.39, 0.29) is 22.7 Å². The average molecular weight is 379 g/mol. The van der Waals surface area contributed by atoms with Crippen molar-refractivity contribution in [1.29, 1.82) is 0 Å². The number of fused-ring (bicyclic) bond motifs is 2. The average Bonchev–Trinajstić information content (AvgIpc) is 2.46. The molecule has 6 heteroatoms. The molecular weight excluding hydrogens is 356 g/mol. The molecule has 0 bridgehead atoms. The number of carbonyl (C=O) groups excluding carboxylic acids is 2. The molecule has 0 saturated heterocycles. The van der Waals surface area contributed by atoms with Gasteiger partial charge in [0.05, 0.1) is 17.1 Å². The van der Waals surface area contributed by atoms with Crippen LogP contribution in [0.4, 0.5) is 0 Å². The molecule has 3 rings (SSSR count). The van der Waals surface area contributed by atoms with Crippen LogP contribution in [0, 0.1) is 5.92 Å². The van der Waals surface area contributed by atoms with Gasteiger partial charge in [0.1, 0.15) is 10.6 Å². The molecule has 3 atom stereocenters. The Morgan fingerprint density at radius 2 is 1.92 bits per heavy atom. The van der Waals surface area contributed by atoms with E-state index in [2.05, 4.69) is 0 Å². The maximum Gasteiger partial charge on any atom is 0.192 e. The Balaban J connectivity index is 2.28. The van der Waals surface area contributed by atoms with E-state index in [1.54, 1.807) is 19.1 Å². The lowest BCUT2D eigenvalue weighted by atomic mass is 9.61. The van der Waals surface area contributed by atoms with Crippen molar-refractivity contribution < 1.29 is 19.1 Å². The van der Waals surface area contributed by atoms with Gasteiger partial charge in [0.2, 0.25) is 0 Å². The van der Waals surface area contributed by atoms with E-state index < -0.39 is 30.5 Å². The van der Waals surface area contributed by atoms with E-state index in [0.717, 1.165) is 5.57 Å². The normalized spacial score (nSPS) is 32.1. The van der Waals surface area contributed by atoms with E-state index in [1.165, 1.54) is 6.07 Å². The van der Waals surface area contributed by atoms with Crippen LogP contribution in [-0.2, 0) is 4.43 Å². The molecule has 1 aromatic carbocycles. The summed E-state index contributed by atoms with van der Waals surface area (Å²) in [5, 5.41) is 10.2. The van der Waals surface area contributed by atoms with Crippen LogP contribution in [0.5, 0.6) is 5.75 Å². The Kier molecular flexibility index (Phi) is 4.06. The van der Waals surface area contributed by atoms with Gasteiger partial charge >= 0.3 is 0 Å². The summed E-state index contributed by atoms with van der Waals surface area (Å²) in [7, 11) is -2.08. The maximum absolute atomic E-state index is 13.4. The van der Waals surface area contributed by atoms with Gasteiger partial charge < -0.3 is 9.53 Å². The summed E-state index contributed by atoms with van der Waals surface area (Å²) >= 11 is 6.97. The topological polar surface area (TPSA) is 63.6 Å². The summed E-state index contributed by atoms with van der Waals surface area (Å²) in [5.74, 6) is -1.56. The Labute approximate surface area is 154 Å². The van der Waals surface area contributed by atoms with Gasteiger partial charge in [0, 0.05) is 5.56 Å². The van der Waals surface area contributed by atoms with Crippen LogP contribution in [0.1, 0.15) is 41.0 Å².